The van der Waals surface area contributed by atoms with Crippen LogP contribution in [0.3, 0.4) is 0 Å². The lowest BCUT2D eigenvalue weighted by Gasteiger charge is -2.32. The van der Waals surface area contributed by atoms with Gasteiger partial charge in [0.1, 0.15) is 0 Å². The summed E-state index contributed by atoms with van der Waals surface area (Å²) in [4.78, 5) is 20.8. The SMILES string of the molecule is Cl.Cl.O=C(c1cccnc1)N1CCC(N2CCNCC2)C1. The monoisotopic (exact) mass is 332 g/mol. The van der Waals surface area contributed by atoms with Crippen LogP contribution in [0.4, 0.5) is 0 Å². The van der Waals surface area contributed by atoms with Crippen LogP contribution in [-0.4, -0.2) is 66.0 Å². The highest BCUT2D eigenvalue weighted by Crippen LogP contribution is 2.18. The van der Waals surface area contributed by atoms with Crippen LogP contribution in [-0.2, 0) is 0 Å². The standard InChI is InChI=1S/C14H20N4O.2ClH/c19-14(12-2-1-4-16-10-12)18-7-3-13(11-18)17-8-5-15-6-9-17;;/h1-2,4,10,13,15H,3,5-9,11H2;2*1H. The first-order valence-corrected chi connectivity index (χ1v) is 6.98. The molecule has 1 aromatic heterocycles. The van der Waals surface area contributed by atoms with Crippen LogP contribution in [0.5, 0.6) is 0 Å². The van der Waals surface area contributed by atoms with Gasteiger partial charge in [-0.2, -0.15) is 0 Å². The molecule has 0 bridgehead atoms. The number of piperazine rings is 1. The van der Waals surface area contributed by atoms with Gasteiger partial charge in [-0.05, 0) is 18.6 Å². The number of likely N-dealkylation sites (tertiary alicyclic amines) is 1. The predicted octanol–water partition coefficient (Wildman–Crippen LogP) is 1.04. The highest BCUT2D eigenvalue weighted by molar-refractivity contribution is 5.94. The molecule has 1 N–H and O–H groups in total. The fourth-order valence-electron chi connectivity index (χ4n) is 2.94. The van der Waals surface area contributed by atoms with Gasteiger partial charge in [0.25, 0.3) is 5.91 Å². The van der Waals surface area contributed by atoms with Crippen molar-refractivity contribution in [2.24, 2.45) is 0 Å². The van der Waals surface area contributed by atoms with Gasteiger partial charge in [0.2, 0.25) is 0 Å². The number of hydrogen-bond donors (Lipinski definition) is 1. The predicted molar refractivity (Wildman–Crippen MR) is 87.5 cm³/mol. The molecule has 2 fully saturated rings. The van der Waals surface area contributed by atoms with Gasteiger partial charge in [0, 0.05) is 57.7 Å². The van der Waals surface area contributed by atoms with Gasteiger partial charge in [0.05, 0.1) is 5.56 Å². The van der Waals surface area contributed by atoms with Gasteiger partial charge < -0.3 is 10.2 Å². The summed E-state index contributed by atoms with van der Waals surface area (Å²) < 4.78 is 0. The highest BCUT2D eigenvalue weighted by Gasteiger charge is 2.31. The topological polar surface area (TPSA) is 48.5 Å². The van der Waals surface area contributed by atoms with Crippen LogP contribution < -0.4 is 5.32 Å². The molecule has 5 nitrogen and oxygen atoms in total. The van der Waals surface area contributed by atoms with E-state index in [-0.39, 0.29) is 30.7 Å². The van der Waals surface area contributed by atoms with Crippen molar-refractivity contribution < 1.29 is 4.79 Å². The maximum absolute atomic E-state index is 12.3. The summed E-state index contributed by atoms with van der Waals surface area (Å²) in [6, 6.07) is 4.19. The molecule has 1 atom stereocenters. The maximum atomic E-state index is 12.3. The molecule has 0 saturated carbocycles. The first-order valence-electron chi connectivity index (χ1n) is 6.98. The summed E-state index contributed by atoms with van der Waals surface area (Å²) in [5.74, 6) is 0.116. The van der Waals surface area contributed by atoms with Crippen LogP contribution in [0.25, 0.3) is 0 Å². The lowest BCUT2D eigenvalue weighted by atomic mass is 10.2. The van der Waals surface area contributed by atoms with E-state index < -0.39 is 0 Å². The van der Waals surface area contributed by atoms with E-state index in [2.05, 4.69) is 15.2 Å². The molecule has 2 saturated heterocycles. The van der Waals surface area contributed by atoms with Crippen molar-refractivity contribution in [2.45, 2.75) is 12.5 Å². The average Bonchev–Trinajstić information content (AvgIpc) is 2.98. The van der Waals surface area contributed by atoms with E-state index in [0.717, 1.165) is 45.7 Å². The molecular weight excluding hydrogens is 311 g/mol. The van der Waals surface area contributed by atoms with Crippen molar-refractivity contribution in [3.63, 3.8) is 0 Å². The summed E-state index contributed by atoms with van der Waals surface area (Å²) in [7, 11) is 0. The third kappa shape index (κ3) is 4.30. The summed E-state index contributed by atoms with van der Waals surface area (Å²) in [6.45, 7) is 6.04. The Hall–Kier alpha value is -0.880. The van der Waals surface area contributed by atoms with E-state index in [0.29, 0.717) is 11.6 Å². The Kier molecular flexibility index (Phi) is 7.39. The van der Waals surface area contributed by atoms with Crippen molar-refractivity contribution in [1.82, 2.24) is 20.1 Å². The molecular formula is C14H22Cl2N4O. The Morgan fingerprint density at radius 2 is 2.00 bits per heavy atom. The lowest BCUT2D eigenvalue weighted by molar-refractivity contribution is 0.0773. The minimum atomic E-state index is 0. The zero-order valence-electron chi connectivity index (χ0n) is 11.9. The van der Waals surface area contributed by atoms with Crippen molar-refractivity contribution in [3.05, 3.63) is 30.1 Å². The van der Waals surface area contributed by atoms with Crippen molar-refractivity contribution in [3.8, 4) is 0 Å². The third-order valence-electron chi connectivity index (χ3n) is 4.03. The molecule has 118 valence electrons. The van der Waals surface area contributed by atoms with E-state index in [1.165, 1.54) is 0 Å². The number of nitrogens with zero attached hydrogens (tertiary/aromatic N) is 3. The van der Waals surface area contributed by atoms with Gasteiger partial charge in [0.15, 0.2) is 0 Å². The smallest absolute Gasteiger partial charge is 0.255 e. The molecule has 1 aromatic rings. The van der Waals surface area contributed by atoms with Crippen LogP contribution in [0.15, 0.2) is 24.5 Å². The highest BCUT2D eigenvalue weighted by atomic mass is 35.5. The number of hydrogen-bond acceptors (Lipinski definition) is 4. The first kappa shape index (κ1) is 18.2. The summed E-state index contributed by atoms with van der Waals surface area (Å²) >= 11 is 0. The van der Waals surface area contributed by atoms with Crippen LogP contribution in [0.1, 0.15) is 16.8 Å². The largest absolute Gasteiger partial charge is 0.337 e. The summed E-state index contributed by atoms with van der Waals surface area (Å²) in [6.07, 6.45) is 4.44. The number of nitrogens with one attached hydrogen (secondary N) is 1. The second kappa shape index (κ2) is 8.54. The van der Waals surface area contributed by atoms with Crippen LogP contribution in [0, 0.1) is 0 Å². The number of halogens is 2. The fraction of sp³-hybridized carbons (Fsp3) is 0.571. The minimum Gasteiger partial charge on any atom is -0.337 e. The van der Waals surface area contributed by atoms with Gasteiger partial charge in [-0.15, -0.1) is 24.8 Å². The normalized spacial score (nSPS) is 22.3. The number of amides is 1. The zero-order valence-corrected chi connectivity index (χ0v) is 13.5. The van der Waals surface area contributed by atoms with Crippen molar-refractivity contribution >= 4 is 30.7 Å². The number of aromatic nitrogens is 1. The number of rotatable bonds is 2. The van der Waals surface area contributed by atoms with E-state index in [4.69, 9.17) is 0 Å². The molecule has 1 amide bonds. The van der Waals surface area contributed by atoms with E-state index >= 15 is 0 Å². The Labute approximate surface area is 137 Å². The Morgan fingerprint density at radius 3 is 2.67 bits per heavy atom. The van der Waals surface area contributed by atoms with Gasteiger partial charge in [-0.1, -0.05) is 0 Å². The number of carbonyl (C=O) groups is 1. The van der Waals surface area contributed by atoms with E-state index in [1.807, 2.05) is 17.0 Å². The molecule has 0 spiro atoms. The molecule has 1 unspecified atom stereocenters. The Balaban J connectivity index is 0.00000110. The molecule has 21 heavy (non-hydrogen) atoms. The molecule has 3 heterocycles. The molecule has 7 heteroatoms. The molecule has 3 rings (SSSR count). The minimum absolute atomic E-state index is 0. The number of pyridine rings is 1. The molecule has 2 aliphatic rings. The summed E-state index contributed by atoms with van der Waals surface area (Å²) in [5.41, 5.74) is 0.698. The van der Waals surface area contributed by atoms with Crippen LogP contribution in [0.2, 0.25) is 0 Å². The van der Waals surface area contributed by atoms with Gasteiger partial charge in [-0.3, -0.25) is 14.7 Å². The first-order chi connectivity index (χ1) is 9.34. The quantitative estimate of drug-likeness (QED) is 0.879. The van der Waals surface area contributed by atoms with Gasteiger partial charge >= 0.3 is 0 Å². The number of carbonyl (C=O) groups excluding carboxylic acids is 1. The second-order valence-corrected chi connectivity index (χ2v) is 5.22. The second-order valence-electron chi connectivity index (χ2n) is 5.22. The third-order valence-corrected chi connectivity index (χ3v) is 4.03. The van der Waals surface area contributed by atoms with E-state index in [9.17, 15) is 4.79 Å². The Bertz CT molecular complexity index is 440. The maximum Gasteiger partial charge on any atom is 0.255 e. The molecule has 2 aliphatic heterocycles. The van der Waals surface area contributed by atoms with Crippen LogP contribution >= 0.6 is 24.8 Å². The zero-order chi connectivity index (χ0) is 13.1. The molecule has 0 radical (unpaired) electrons. The Morgan fingerprint density at radius 1 is 1.24 bits per heavy atom. The van der Waals surface area contributed by atoms with Gasteiger partial charge in [-0.25, -0.2) is 0 Å². The average molecular weight is 333 g/mol. The molecule has 0 aliphatic carbocycles. The molecule has 0 aromatic carbocycles. The van der Waals surface area contributed by atoms with Crippen molar-refractivity contribution in [1.29, 1.82) is 0 Å². The lowest BCUT2D eigenvalue weighted by Crippen LogP contribution is -2.49. The summed E-state index contributed by atoms with van der Waals surface area (Å²) in [5, 5.41) is 3.37. The van der Waals surface area contributed by atoms with Crippen molar-refractivity contribution in [2.75, 3.05) is 39.3 Å². The fourth-order valence-corrected chi connectivity index (χ4v) is 2.94. The van der Waals surface area contributed by atoms with E-state index in [1.54, 1.807) is 12.4 Å².